The molecule has 1 unspecified atom stereocenters. The number of carbonyl (C=O) groups excluding carboxylic acids is 2. The van der Waals surface area contributed by atoms with Crippen LogP contribution in [0.3, 0.4) is 0 Å². The van der Waals surface area contributed by atoms with Gasteiger partial charge in [-0.15, -0.1) is 0 Å². The average Bonchev–Trinajstić information content (AvgIpc) is 2.59. The number of allylic oxidation sites excluding steroid dienone is 2. The molecule has 4 heteroatoms. The molecule has 152 valence electrons. The fraction of sp³-hybridized carbons (Fsp3) is 0.818. The zero-order valence-corrected chi connectivity index (χ0v) is 18.1. The summed E-state index contributed by atoms with van der Waals surface area (Å²) in [4.78, 5) is 22.0. The fourth-order valence-corrected chi connectivity index (χ4v) is 3.43. The largest absolute Gasteiger partial charge is 0.281 e. The van der Waals surface area contributed by atoms with Gasteiger partial charge in [0, 0.05) is 6.42 Å². The lowest BCUT2D eigenvalue weighted by Crippen LogP contribution is -2.08. The minimum absolute atomic E-state index is 0.0148. The molecule has 0 aliphatic carbocycles. The molecule has 0 saturated carbocycles. The number of unbranched alkanes of at least 4 members (excludes halogenated alkanes) is 14. The van der Waals surface area contributed by atoms with Crippen LogP contribution < -0.4 is 0 Å². The Morgan fingerprint density at radius 3 is 1.54 bits per heavy atom. The Balaban J connectivity index is 3.36. The summed E-state index contributed by atoms with van der Waals surface area (Å²) in [6, 6.07) is 0. The molecule has 0 bridgehead atoms. The molecule has 0 N–H and O–H groups in total. The highest BCUT2D eigenvalue weighted by Gasteiger charge is 2.15. The summed E-state index contributed by atoms with van der Waals surface area (Å²) in [6.45, 7) is 2.27. The van der Waals surface area contributed by atoms with Crippen molar-refractivity contribution < 1.29 is 9.59 Å². The average molecular weight is 405 g/mol. The minimum Gasteiger partial charge on any atom is -0.281 e. The summed E-state index contributed by atoms with van der Waals surface area (Å²) in [5.74, 6) is -0.576. The number of hydrogen-bond donors (Lipinski definition) is 0. The van der Waals surface area contributed by atoms with Crippen molar-refractivity contribution in [2.45, 2.75) is 110 Å². The molecule has 0 heterocycles. The van der Waals surface area contributed by atoms with Crippen molar-refractivity contribution >= 4 is 33.7 Å². The highest BCUT2D eigenvalue weighted by atomic mass is 35.5. The van der Waals surface area contributed by atoms with Gasteiger partial charge in [0.15, 0.2) is 0 Å². The second-order valence-electron chi connectivity index (χ2n) is 7.28. The molecular formula is C22H38Cl2O2. The van der Waals surface area contributed by atoms with Gasteiger partial charge in [0.2, 0.25) is 10.5 Å². The van der Waals surface area contributed by atoms with Crippen LogP contribution in [0.25, 0.3) is 0 Å². The minimum atomic E-state index is -0.576. The maximum atomic E-state index is 11.2. The van der Waals surface area contributed by atoms with Gasteiger partial charge in [-0.2, -0.15) is 0 Å². The van der Waals surface area contributed by atoms with E-state index in [1.165, 1.54) is 83.5 Å². The zero-order chi connectivity index (χ0) is 19.5. The first-order valence-corrected chi connectivity index (χ1v) is 11.4. The quantitative estimate of drug-likeness (QED) is 0.124. The van der Waals surface area contributed by atoms with Gasteiger partial charge in [0.05, 0.1) is 5.92 Å². The van der Waals surface area contributed by atoms with Crippen molar-refractivity contribution in [1.82, 2.24) is 0 Å². The van der Waals surface area contributed by atoms with Gasteiger partial charge in [-0.1, -0.05) is 103 Å². The molecular weight excluding hydrogens is 367 g/mol. The van der Waals surface area contributed by atoms with Crippen molar-refractivity contribution in [3.63, 3.8) is 0 Å². The molecule has 0 spiro atoms. The van der Waals surface area contributed by atoms with Crippen molar-refractivity contribution in [3.05, 3.63) is 12.2 Å². The molecule has 0 radical (unpaired) electrons. The first-order chi connectivity index (χ1) is 12.6. The Kier molecular flexibility index (Phi) is 19.2. The predicted molar refractivity (Wildman–Crippen MR) is 114 cm³/mol. The third kappa shape index (κ3) is 18.5. The first-order valence-electron chi connectivity index (χ1n) is 10.6. The van der Waals surface area contributed by atoms with Gasteiger partial charge in [0.1, 0.15) is 0 Å². The van der Waals surface area contributed by atoms with Crippen LogP contribution >= 0.6 is 23.2 Å². The van der Waals surface area contributed by atoms with Crippen molar-refractivity contribution in [1.29, 1.82) is 0 Å². The molecule has 2 nitrogen and oxygen atoms in total. The van der Waals surface area contributed by atoms with E-state index in [1.807, 2.05) is 6.08 Å². The number of halogens is 2. The molecule has 0 aromatic rings. The lowest BCUT2D eigenvalue weighted by molar-refractivity contribution is -0.118. The number of carbonyl (C=O) groups is 2. The lowest BCUT2D eigenvalue weighted by atomic mass is 10.0. The van der Waals surface area contributed by atoms with Crippen LogP contribution in [0.15, 0.2) is 12.2 Å². The van der Waals surface area contributed by atoms with Gasteiger partial charge in [-0.25, -0.2) is 0 Å². The first kappa shape index (κ1) is 25.7. The molecule has 0 amide bonds. The normalized spacial score (nSPS) is 12.6. The smallest absolute Gasteiger partial charge is 0.228 e. The van der Waals surface area contributed by atoms with E-state index in [0.717, 1.165) is 12.8 Å². The van der Waals surface area contributed by atoms with E-state index in [2.05, 4.69) is 6.92 Å². The second kappa shape index (κ2) is 19.4. The number of rotatable bonds is 19. The lowest BCUT2D eigenvalue weighted by Gasteiger charge is -2.04. The zero-order valence-electron chi connectivity index (χ0n) is 16.6. The standard InChI is InChI=1S/C22H38Cl2O2/c1-2-3-4-5-6-7-8-9-10-11-12-13-14-15-16-17-18-20(22(24)26)19-21(23)25/h17-18,20H,2-16,19H2,1H3. The summed E-state index contributed by atoms with van der Waals surface area (Å²) < 4.78 is 0. The Bertz CT molecular complexity index is 380. The summed E-state index contributed by atoms with van der Waals surface area (Å²) in [6.07, 6.45) is 23.4. The van der Waals surface area contributed by atoms with Gasteiger partial charge >= 0.3 is 0 Å². The van der Waals surface area contributed by atoms with E-state index < -0.39 is 16.4 Å². The summed E-state index contributed by atoms with van der Waals surface area (Å²) in [7, 11) is 0. The Labute approximate surface area is 171 Å². The maximum Gasteiger partial charge on any atom is 0.228 e. The summed E-state index contributed by atoms with van der Waals surface area (Å²) >= 11 is 10.8. The van der Waals surface area contributed by atoms with Gasteiger partial charge in [-0.05, 0) is 36.0 Å². The van der Waals surface area contributed by atoms with Crippen LogP contribution in [0.5, 0.6) is 0 Å². The third-order valence-corrected chi connectivity index (χ3v) is 5.20. The predicted octanol–water partition coefficient (Wildman–Crippen LogP) is 7.95. The van der Waals surface area contributed by atoms with Crippen LogP contribution in [-0.2, 0) is 9.59 Å². The van der Waals surface area contributed by atoms with E-state index in [0.29, 0.717) is 0 Å². The second-order valence-corrected chi connectivity index (χ2v) is 8.08. The van der Waals surface area contributed by atoms with Crippen molar-refractivity contribution in [2.24, 2.45) is 5.92 Å². The van der Waals surface area contributed by atoms with Crippen molar-refractivity contribution in [2.75, 3.05) is 0 Å². The molecule has 0 aromatic carbocycles. The monoisotopic (exact) mass is 404 g/mol. The van der Waals surface area contributed by atoms with E-state index >= 15 is 0 Å². The molecule has 26 heavy (non-hydrogen) atoms. The Morgan fingerprint density at radius 2 is 1.15 bits per heavy atom. The number of hydrogen-bond acceptors (Lipinski definition) is 2. The van der Waals surface area contributed by atoms with E-state index in [4.69, 9.17) is 23.2 Å². The molecule has 0 saturated heterocycles. The third-order valence-electron chi connectivity index (χ3n) is 4.76. The molecule has 0 rings (SSSR count). The van der Waals surface area contributed by atoms with Crippen LogP contribution in [0.1, 0.15) is 110 Å². The van der Waals surface area contributed by atoms with E-state index in [1.54, 1.807) is 6.08 Å². The SMILES string of the molecule is CCCCCCCCCCCCCCCCC=CC(CC(=O)Cl)C(=O)Cl. The molecule has 0 aliphatic rings. The Hall–Kier alpha value is -0.340. The van der Waals surface area contributed by atoms with Gasteiger partial charge in [-0.3, -0.25) is 9.59 Å². The topological polar surface area (TPSA) is 34.1 Å². The van der Waals surface area contributed by atoms with Crippen LogP contribution in [-0.4, -0.2) is 10.5 Å². The molecule has 0 aromatic heterocycles. The van der Waals surface area contributed by atoms with Crippen molar-refractivity contribution in [3.8, 4) is 0 Å². The highest BCUT2D eigenvalue weighted by molar-refractivity contribution is 6.66. The Morgan fingerprint density at radius 1 is 0.731 bits per heavy atom. The van der Waals surface area contributed by atoms with Crippen LogP contribution in [0.4, 0.5) is 0 Å². The van der Waals surface area contributed by atoms with E-state index in [9.17, 15) is 9.59 Å². The molecule has 1 atom stereocenters. The van der Waals surface area contributed by atoms with Crippen LogP contribution in [0, 0.1) is 5.92 Å². The maximum absolute atomic E-state index is 11.2. The van der Waals surface area contributed by atoms with Gasteiger partial charge < -0.3 is 0 Å². The summed E-state index contributed by atoms with van der Waals surface area (Å²) in [5, 5.41) is -1.04. The molecule has 0 fully saturated rings. The molecule has 0 aliphatic heterocycles. The fourth-order valence-electron chi connectivity index (χ4n) is 3.11. The van der Waals surface area contributed by atoms with E-state index in [-0.39, 0.29) is 6.42 Å². The van der Waals surface area contributed by atoms with Crippen LogP contribution in [0.2, 0.25) is 0 Å². The summed E-state index contributed by atoms with van der Waals surface area (Å²) in [5.41, 5.74) is 0. The van der Waals surface area contributed by atoms with Gasteiger partial charge in [0.25, 0.3) is 0 Å². The highest BCUT2D eigenvalue weighted by Crippen LogP contribution is 2.15.